The first-order chi connectivity index (χ1) is 13.3. The van der Waals surface area contributed by atoms with E-state index in [4.69, 9.17) is 9.97 Å². The third-order valence-corrected chi connectivity index (χ3v) is 5.63. The van der Waals surface area contributed by atoms with Gasteiger partial charge in [-0.15, -0.1) is 0 Å². The summed E-state index contributed by atoms with van der Waals surface area (Å²) in [6.07, 6.45) is 6.38. The van der Waals surface area contributed by atoms with E-state index >= 15 is 0 Å². The second-order valence-electron chi connectivity index (χ2n) is 6.71. The number of fused-ring (bicyclic) bond motifs is 2. The molecule has 5 nitrogen and oxygen atoms in total. The van der Waals surface area contributed by atoms with Crippen LogP contribution in [0.25, 0.3) is 16.4 Å². The number of aromatic nitrogens is 3. The van der Waals surface area contributed by atoms with Crippen LogP contribution in [0.3, 0.4) is 0 Å². The fourth-order valence-electron chi connectivity index (χ4n) is 3.21. The molecule has 0 saturated heterocycles. The summed E-state index contributed by atoms with van der Waals surface area (Å²) >= 11 is 1.57. The van der Waals surface area contributed by atoms with Gasteiger partial charge in [-0.3, -0.25) is 0 Å². The number of nitrogens with zero attached hydrogens (tertiary/aromatic N) is 4. The summed E-state index contributed by atoms with van der Waals surface area (Å²) in [5.41, 5.74) is 3.61. The van der Waals surface area contributed by atoms with Gasteiger partial charge in [0.05, 0.1) is 16.6 Å². The minimum absolute atomic E-state index is 0.531. The number of hydrogen-bond acceptors (Lipinski definition) is 5. The van der Waals surface area contributed by atoms with Crippen LogP contribution in [-0.2, 0) is 5.75 Å². The smallest absolute Gasteiger partial charge is 0.190 e. The zero-order valence-electron chi connectivity index (χ0n) is 14.6. The molecule has 1 fully saturated rings. The molecule has 0 unspecified atom stereocenters. The number of thioether (sulfide) groups is 1. The summed E-state index contributed by atoms with van der Waals surface area (Å²) in [4.78, 5) is 9.47. The Morgan fingerprint density at radius 3 is 2.85 bits per heavy atom. The van der Waals surface area contributed by atoms with Crippen LogP contribution >= 0.6 is 11.8 Å². The molecule has 1 aromatic carbocycles. The predicted molar refractivity (Wildman–Crippen MR) is 108 cm³/mol. The molecule has 4 aromatic rings. The number of anilines is 1. The van der Waals surface area contributed by atoms with E-state index in [0.29, 0.717) is 11.8 Å². The van der Waals surface area contributed by atoms with Gasteiger partial charge in [0, 0.05) is 29.6 Å². The van der Waals surface area contributed by atoms with E-state index in [1.807, 2.05) is 53.2 Å². The highest BCUT2D eigenvalue weighted by atomic mass is 32.2. The summed E-state index contributed by atoms with van der Waals surface area (Å²) < 4.78 is 2.00. The van der Waals surface area contributed by atoms with Crippen LogP contribution in [0.4, 0.5) is 5.82 Å². The average Bonchev–Trinajstić information content (AvgIpc) is 3.44. The van der Waals surface area contributed by atoms with E-state index in [1.54, 1.807) is 11.8 Å². The van der Waals surface area contributed by atoms with Gasteiger partial charge in [0.2, 0.25) is 0 Å². The second kappa shape index (κ2) is 6.60. The Kier molecular flexibility index (Phi) is 3.95. The summed E-state index contributed by atoms with van der Waals surface area (Å²) in [5.74, 6) is 1.57. The largest absolute Gasteiger partial charge is 0.367 e. The maximum absolute atomic E-state index is 9.58. The molecular formula is C21H17N5S. The molecule has 0 aliphatic heterocycles. The fraction of sp³-hybridized carbons (Fsp3) is 0.190. The molecule has 1 N–H and O–H groups in total. The Hall–Kier alpha value is -3.04. The van der Waals surface area contributed by atoms with Crippen LogP contribution in [0, 0.1) is 11.3 Å². The lowest BCUT2D eigenvalue weighted by Crippen LogP contribution is -2.05. The van der Waals surface area contributed by atoms with E-state index in [1.165, 1.54) is 12.8 Å². The first-order valence-electron chi connectivity index (χ1n) is 8.96. The normalized spacial score (nSPS) is 13.7. The van der Waals surface area contributed by atoms with Gasteiger partial charge in [-0.25, -0.2) is 9.97 Å². The van der Waals surface area contributed by atoms with Crippen LogP contribution in [0.1, 0.15) is 24.0 Å². The summed E-state index contributed by atoms with van der Waals surface area (Å²) in [7, 11) is 0. The van der Waals surface area contributed by atoms with Crippen molar-refractivity contribution in [3.63, 3.8) is 0 Å². The van der Waals surface area contributed by atoms with Gasteiger partial charge in [-0.1, -0.05) is 30.0 Å². The Bertz CT molecular complexity index is 1190. The molecule has 0 amide bonds. The second-order valence-corrected chi connectivity index (χ2v) is 7.66. The van der Waals surface area contributed by atoms with E-state index in [9.17, 15) is 5.26 Å². The molecule has 1 aliphatic rings. The number of rotatable bonds is 5. The van der Waals surface area contributed by atoms with Crippen molar-refractivity contribution >= 4 is 34.0 Å². The number of hydrogen-bond donors (Lipinski definition) is 1. The summed E-state index contributed by atoms with van der Waals surface area (Å²) in [6, 6.07) is 16.9. The topological polar surface area (TPSA) is 66.0 Å². The lowest BCUT2D eigenvalue weighted by molar-refractivity contribution is 0.984. The molecule has 0 bridgehead atoms. The van der Waals surface area contributed by atoms with Crippen LogP contribution in [0.5, 0.6) is 0 Å². The quantitative estimate of drug-likeness (QED) is 0.409. The lowest BCUT2D eigenvalue weighted by atomic mass is 10.2. The van der Waals surface area contributed by atoms with Crippen LogP contribution in [0.2, 0.25) is 0 Å². The molecule has 3 heterocycles. The Labute approximate surface area is 161 Å². The Morgan fingerprint density at radius 1 is 1.15 bits per heavy atom. The van der Waals surface area contributed by atoms with Crippen molar-refractivity contribution in [2.45, 2.75) is 29.8 Å². The zero-order valence-corrected chi connectivity index (χ0v) is 15.4. The zero-order chi connectivity index (χ0) is 18.2. The number of pyridine rings is 1. The van der Waals surface area contributed by atoms with E-state index < -0.39 is 0 Å². The number of nitriles is 1. The molecule has 1 saturated carbocycles. The van der Waals surface area contributed by atoms with E-state index in [0.717, 1.165) is 38.5 Å². The number of benzene rings is 1. The van der Waals surface area contributed by atoms with Crippen molar-refractivity contribution in [3.05, 3.63) is 66.0 Å². The van der Waals surface area contributed by atoms with Crippen LogP contribution < -0.4 is 5.32 Å². The molecular weight excluding hydrogens is 354 g/mol. The van der Waals surface area contributed by atoms with Gasteiger partial charge in [0.25, 0.3) is 0 Å². The van der Waals surface area contributed by atoms with Crippen molar-refractivity contribution in [3.8, 4) is 6.07 Å². The Balaban J connectivity index is 1.47. The van der Waals surface area contributed by atoms with Crippen molar-refractivity contribution < 1.29 is 0 Å². The van der Waals surface area contributed by atoms with Gasteiger partial charge in [-0.2, -0.15) is 5.26 Å². The molecule has 6 heteroatoms. The number of para-hydroxylation sites is 1. The van der Waals surface area contributed by atoms with Crippen molar-refractivity contribution in [1.29, 1.82) is 5.26 Å². The van der Waals surface area contributed by atoms with Gasteiger partial charge >= 0.3 is 0 Å². The fourth-order valence-corrected chi connectivity index (χ4v) is 4.03. The highest BCUT2D eigenvalue weighted by Crippen LogP contribution is 2.31. The molecule has 27 heavy (non-hydrogen) atoms. The highest BCUT2D eigenvalue weighted by molar-refractivity contribution is 7.98. The van der Waals surface area contributed by atoms with Crippen LogP contribution in [0.15, 0.2) is 60.0 Å². The summed E-state index contributed by atoms with van der Waals surface area (Å²) in [5, 5.41) is 14.9. The van der Waals surface area contributed by atoms with Crippen LogP contribution in [-0.4, -0.2) is 20.4 Å². The molecule has 0 atom stereocenters. The first-order valence-corrected chi connectivity index (χ1v) is 9.95. The SMILES string of the molecule is N#Cc1c(CSc2nc(NC3CC3)c3ccccc3n2)cn2ccccc12. The third kappa shape index (κ3) is 3.11. The maximum atomic E-state index is 9.58. The average molecular weight is 371 g/mol. The maximum Gasteiger partial charge on any atom is 0.190 e. The van der Waals surface area contributed by atoms with E-state index in [-0.39, 0.29) is 0 Å². The first kappa shape index (κ1) is 16.2. The molecule has 5 rings (SSSR count). The lowest BCUT2D eigenvalue weighted by Gasteiger charge is -2.09. The van der Waals surface area contributed by atoms with Crippen molar-refractivity contribution in [1.82, 2.24) is 14.4 Å². The van der Waals surface area contributed by atoms with Gasteiger partial charge < -0.3 is 9.72 Å². The number of nitrogens with one attached hydrogen (secondary N) is 1. The molecule has 132 valence electrons. The van der Waals surface area contributed by atoms with Crippen molar-refractivity contribution in [2.24, 2.45) is 0 Å². The van der Waals surface area contributed by atoms with E-state index in [2.05, 4.69) is 17.5 Å². The van der Waals surface area contributed by atoms with Gasteiger partial charge in [-0.05, 0) is 42.7 Å². The predicted octanol–water partition coefficient (Wildman–Crippen LogP) is 4.62. The highest BCUT2D eigenvalue weighted by Gasteiger charge is 2.23. The van der Waals surface area contributed by atoms with Gasteiger partial charge in [0.15, 0.2) is 5.16 Å². The molecule has 0 radical (unpaired) electrons. The minimum atomic E-state index is 0.531. The molecule has 3 aromatic heterocycles. The summed E-state index contributed by atoms with van der Waals surface area (Å²) in [6.45, 7) is 0. The third-order valence-electron chi connectivity index (χ3n) is 4.73. The Morgan fingerprint density at radius 2 is 2.00 bits per heavy atom. The molecule has 1 aliphatic carbocycles. The minimum Gasteiger partial charge on any atom is -0.367 e. The monoisotopic (exact) mass is 371 g/mol. The van der Waals surface area contributed by atoms with Gasteiger partial charge in [0.1, 0.15) is 11.9 Å². The molecule has 0 spiro atoms. The standard InChI is InChI=1S/C21H17N5S/c22-11-17-14(12-26-10-4-3-7-19(17)26)13-27-21-24-18-6-2-1-5-16(18)20(25-21)23-15-8-9-15/h1-7,10,12,15H,8-9,13H2,(H,23,24,25). The van der Waals surface area contributed by atoms with Crippen molar-refractivity contribution in [2.75, 3.05) is 5.32 Å².